The van der Waals surface area contributed by atoms with Crippen LogP contribution in [0.15, 0.2) is 67.0 Å². The van der Waals surface area contributed by atoms with Crippen LogP contribution in [0.4, 0.5) is 5.82 Å². The minimum Gasteiger partial charge on any atom is -0.390 e. The fourth-order valence-corrected chi connectivity index (χ4v) is 5.25. The molecule has 1 aliphatic carbocycles. The van der Waals surface area contributed by atoms with E-state index < -0.39 is 5.60 Å². The smallest absolute Gasteiger partial charge is 0.150 e. The summed E-state index contributed by atoms with van der Waals surface area (Å²) in [5.41, 5.74) is 12.5. The summed E-state index contributed by atoms with van der Waals surface area (Å²) in [5, 5.41) is 11.7. The predicted molar refractivity (Wildman–Crippen MR) is 136 cm³/mol. The summed E-state index contributed by atoms with van der Waals surface area (Å²) in [4.78, 5) is 14.5. The molecule has 0 amide bonds. The number of benzene rings is 2. The van der Waals surface area contributed by atoms with Crippen molar-refractivity contribution in [1.29, 1.82) is 0 Å². The molecule has 34 heavy (non-hydrogen) atoms. The fraction of sp³-hybridized carbons (Fsp3) is 0.250. The molecule has 0 radical (unpaired) electrons. The van der Waals surface area contributed by atoms with Crippen LogP contribution in [-0.2, 0) is 0 Å². The van der Waals surface area contributed by atoms with Gasteiger partial charge in [0.15, 0.2) is 0 Å². The molecular weight excluding hydrogens is 422 g/mol. The molecule has 170 valence electrons. The van der Waals surface area contributed by atoms with Crippen LogP contribution < -0.4 is 5.73 Å². The number of aryl methyl sites for hydroxylation is 1. The first-order valence-corrected chi connectivity index (χ1v) is 11.8. The van der Waals surface area contributed by atoms with Gasteiger partial charge in [-0.25, -0.2) is 15.0 Å². The van der Waals surface area contributed by atoms with Crippen LogP contribution in [0.3, 0.4) is 0 Å². The zero-order valence-corrected chi connectivity index (χ0v) is 19.4. The number of aliphatic hydroxyl groups is 1. The lowest BCUT2D eigenvalue weighted by atomic mass is 9.69. The molecule has 0 saturated heterocycles. The second-order valence-electron chi connectivity index (χ2n) is 9.41. The molecule has 3 N–H and O–H groups in total. The Balaban J connectivity index is 1.52. The number of fused-ring (bicyclic) bond motifs is 2. The van der Waals surface area contributed by atoms with Gasteiger partial charge in [-0.2, -0.15) is 0 Å². The van der Waals surface area contributed by atoms with Gasteiger partial charge >= 0.3 is 0 Å². The number of hydrogen-bond donors (Lipinski definition) is 2. The first-order chi connectivity index (χ1) is 16.5. The normalized spacial score (nSPS) is 20.0. The second kappa shape index (κ2) is 7.64. The maximum absolute atomic E-state index is 10.6. The van der Waals surface area contributed by atoms with Crippen LogP contribution in [0.2, 0.25) is 0 Å². The van der Waals surface area contributed by atoms with E-state index in [2.05, 4.69) is 52.7 Å². The van der Waals surface area contributed by atoms with Crippen molar-refractivity contribution in [2.24, 2.45) is 0 Å². The molecule has 0 aliphatic heterocycles. The van der Waals surface area contributed by atoms with Gasteiger partial charge in [-0.05, 0) is 37.8 Å². The van der Waals surface area contributed by atoms with Gasteiger partial charge < -0.3 is 10.8 Å². The van der Waals surface area contributed by atoms with Crippen LogP contribution >= 0.6 is 0 Å². The van der Waals surface area contributed by atoms with E-state index >= 15 is 0 Å². The summed E-state index contributed by atoms with van der Waals surface area (Å²) >= 11 is 0. The van der Waals surface area contributed by atoms with Crippen molar-refractivity contribution in [3.8, 4) is 22.5 Å². The van der Waals surface area contributed by atoms with Crippen LogP contribution in [-0.4, -0.2) is 30.1 Å². The lowest BCUT2D eigenvalue weighted by Crippen LogP contribution is -2.42. The molecule has 2 aromatic carbocycles. The average molecular weight is 450 g/mol. The van der Waals surface area contributed by atoms with Crippen LogP contribution in [0.1, 0.15) is 43.5 Å². The molecular formula is C28H27N5O. The molecule has 5 aromatic rings. The molecule has 0 unspecified atom stereocenters. The van der Waals surface area contributed by atoms with Gasteiger partial charge in [0.2, 0.25) is 0 Å². The molecule has 6 nitrogen and oxygen atoms in total. The highest BCUT2D eigenvalue weighted by atomic mass is 16.3. The Bertz CT molecular complexity index is 1530. The highest BCUT2D eigenvalue weighted by Crippen LogP contribution is 2.47. The first kappa shape index (κ1) is 20.8. The van der Waals surface area contributed by atoms with Crippen LogP contribution in [0.25, 0.3) is 38.9 Å². The van der Waals surface area contributed by atoms with Crippen molar-refractivity contribution in [3.63, 3.8) is 0 Å². The fourth-order valence-electron chi connectivity index (χ4n) is 5.25. The molecule has 3 aromatic heterocycles. The van der Waals surface area contributed by atoms with Crippen molar-refractivity contribution in [2.75, 3.05) is 5.73 Å². The molecule has 1 fully saturated rings. The van der Waals surface area contributed by atoms with Crippen LogP contribution in [0, 0.1) is 6.92 Å². The van der Waals surface area contributed by atoms with E-state index in [1.807, 2.05) is 31.3 Å². The van der Waals surface area contributed by atoms with E-state index in [4.69, 9.17) is 15.7 Å². The quantitative estimate of drug-likeness (QED) is 0.377. The van der Waals surface area contributed by atoms with Gasteiger partial charge in [0.05, 0.1) is 16.8 Å². The molecule has 1 aliphatic rings. The predicted octanol–water partition coefficient (Wildman–Crippen LogP) is 5.52. The number of nitrogen functional groups attached to an aromatic ring is 1. The largest absolute Gasteiger partial charge is 0.390 e. The lowest BCUT2D eigenvalue weighted by Gasteiger charge is -2.42. The van der Waals surface area contributed by atoms with Crippen LogP contribution in [0.5, 0.6) is 0 Å². The van der Waals surface area contributed by atoms with E-state index in [9.17, 15) is 5.11 Å². The third kappa shape index (κ3) is 3.17. The van der Waals surface area contributed by atoms with Crippen molar-refractivity contribution < 1.29 is 5.11 Å². The average Bonchev–Trinajstić information content (AvgIpc) is 3.23. The van der Waals surface area contributed by atoms with Crippen molar-refractivity contribution in [1.82, 2.24) is 19.4 Å². The molecule has 3 heterocycles. The summed E-state index contributed by atoms with van der Waals surface area (Å²) in [6.45, 7) is 4.12. The van der Waals surface area contributed by atoms with Gasteiger partial charge in [0.25, 0.3) is 0 Å². The summed E-state index contributed by atoms with van der Waals surface area (Å²) in [6, 6.07) is 18.6. The number of nitrogens with zero attached hydrogens (tertiary/aromatic N) is 4. The van der Waals surface area contributed by atoms with Gasteiger partial charge in [0.1, 0.15) is 22.9 Å². The molecule has 6 heteroatoms. The zero-order valence-electron chi connectivity index (χ0n) is 19.4. The number of aromatic nitrogens is 4. The summed E-state index contributed by atoms with van der Waals surface area (Å²) in [6.07, 6.45) is 5.81. The molecule has 1 saturated carbocycles. The first-order valence-electron chi connectivity index (χ1n) is 11.8. The zero-order chi connectivity index (χ0) is 23.4. The van der Waals surface area contributed by atoms with Crippen molar-refractivity contribution in [2.45, 2.75) is 44.6 Å². The van der Waals surface area contributed by atoms with Gasteiger partial charge in [0, 0.05) is 34.8 Å². The molecule has 6 rings (SSSR count). The standard InChI is InChI=1S/C28H27N5O/c1-3-28(34)15-20(16-28)27-32-24(25-26(29)30-13-14-33(25)27)21-11-9-19-10-12-22(31-23(19)17(21)2)18-7-5-4-6-8-18/h4-14,20,34H,3,15-16H2,1-2H3,(H2,29,30). The Morgan fingerprint density at radius 1 is 1.06 bits per heavy atom. The van der Waals surface area contributed by atoms with Gasteiger partial charge in [-0.1, -0.05) is 55.5 Å². The monoisotopic (exact) mass is 449 g/mol. The number of imidazole rings is 1. The lowest BCUT2D eigenvalue weighted by molar-refractivity contribution is -0.0536. The molecule has 0 bridgehead atoms. The van der Waals surface area contributed by atoms with E-state index in [0.29, 0.717) is 18.7 Å². The maximum Gasteiger partial charge on any atom is 0.150 e. The topological polar surface area (TPSA) is 89.3 Å². The number of rotatable bonds is 4. The van der Waals surface area contributed by atoms with Gasteiger partial charge in [-0.15, -0.1) is 0 Å². The highest BCUT2D eigenvalue weighted by Gasteiger charge is 2.44. The Morgan fingerprint density at radius 3 is 2.59 bits per heavy atom. The van der Waals surface area contributed by atoms with Crippen molar-refractivity contribution >= 4 is 22.2 Å². The van der Waals surface area contributed by atoms with Crippen molar-refractivity contribution in [3.05, 3.63) is 78.4 Å². The Morgan fingerprint density at radius 2 is 1.82 bits per heavy atom. The van der Waals surface area contributed by atoms with E-state index in [1.54, 1.807) is 6.20 Å². The Labute approximate surface area is 198 Å². The van der Waals surface area contributed by atoms with Gasteiger partial charge in [-0.3, -0.25) is 4.40 Å². The Kier molecular flexibility index (Phi) is 4.67. The molecule has 0 atom stereocenters. The van der Waals surface area contributed by atoms with E-state index in [0.717, 1.165) is 56.7 Å². The maximum atomic E-state index is 10.6. The summed E-state index contributed by atoms with van der Waals surface area (Å²) in [5.74, 6) is 1.58. The minimum absolute atomic E-state index is 0.191. The third-order valence-corrected chi connectivity index (χ3v) is 7.33. The molecule has 0 spiro atoms. The van der Waals surface area contributed by atoms with E-state index in [1.165, 1.54) is 0 Å². The number of pyridine rings is 1. The number of hydrogen-bond acceptors (Lipinski definition) is 5. The number of anilines is 1. The minimum atomic E-state index is -0.591. The Hall–Kier alpha value is -3.77. The van der Waals surface area contributed by atoms with E-state index in [-0.39, 0.29) is 5.92 Å². The summed E-state index contributed by atoms with van der Waals surface area (Å²) in [7, 11) is 0. The summed E-state index contributed by atoms with van der Waals surface area (Å²) < 4.78 is 2.05. The second-order valence-corrected chi connectivity index (χ2v) is 9.41. The number of nitrogens with two attached hydrogens (primary N) is 1. The highest BCUT2D eigenvalue weighted by molar-refractivity contribution is 5.94. The SMILES string of the molecule is CCC1(O)CC(c2nc(-c3ccc4ccc(-c5ccccc5)nc4c3C)c3c(N)nccn23)C1. The third-order valence-electron chi connectivity index (χ3n) is 7.33.